The second kappa shape index (κ2) is 9.73. The molecule has 0 atom stereocenters. The molecule has 0 rings (SSSR count). The summed E-state index contributed by atoms with van der Waals surface area (Å²) in [5, 5.41) is 6.08. The zero-order chi connectivity index (χ0) is 11.7. The van der Waals surface area contributed by atoms with Crippen LogP contribution in [0.1, 0.15) is 40.0 Å². The Balaban J connectivity index is 0. The van der Waals surface area contributed by atoms with E-state index in [4.69, 9.17) is 0 Å². The number of alkyl carbamates (subject to hydrolysis) is 1. The number of ether oxygens (including phenoxy) is 1. The molecule has 0 aliphatic heterocycles. The third-order valence-corrected chi connectivity index (χ3v) is 1.96. The standard InChI is InChI=1S/C11H24N2O2.ClH/c1-11(2,3)13-9-7-5-6-8-12-10(14)15-4;/h13H,5-9H2,1-4H3,(H,12,14);1H. The quantitative estimate of drug-likeness (QED) is 0.714. The van der Waals surface area contributed by atoms with Crippen LogP contribution in [0.15, 0.2) is 0 Å². The first kappa shape index (κ1) is 17.9. The predicted molar refractivity (Wildman–Crippen MR) is 69.3 cm³/mol. The number of hydrogen-bond donors (Lipinski definition) is 2. The lowest BCUT2D eigenvalue weighted by Gasteiger charge is -2.20. The number of carbonyl (C=O) groups excluding carboxylic acids is 1. The second-order valence-corrected chi connectivity index (χ2v) is 4.66. The van der Waals surface area contributed by atoms with Crippen LogP contribution in [0.25, 0.3) is 0 Å². The van der Waals surface area contributed by atoms with Gasteiger partial charge in [0.1, 0.15) is 0 Å². The van der Waals surface area contributed by atoms with Crippen LogP contribution in [0.3, 0.4) is 0 Å². The highest BCUT2D eigenvalue weighted by molar-refractivity contribution is 5.85. The second-order valence-electron chi connectivity index (χ2n) is 4.66. The average Bonchev–Trinajstić information content (AvgIpc) is 2.14. The van der Waals surface area contributed by atoms with Gasteiger partial charge in [-0.05, 0) is 40.2 Å². The molecule has 2 N–H and O–H groups in total. The van der Waals surface area contributed by atoms with E-state index in [-0.39, 0.29) is 24.0 Å². The van der Waals surface area contributed by atoms with Crippen molar-refractivity contribution in [2.75, 3.05) is 20.2 Å². The molecule has 0 aromatic heterocycles. The zero-order valence-corrected chi connectivity index (χ0v) is 11.6. The fraction of sp³-hybridized carbons (Fsp3) is 0.909. The molecule has 0 spiro atoms. The molecule has 1 amide bonds. The molecule has 0 saturated carbocycles. The van der Waals surface area contributed by atoms with E-state index in [0.717, 1.165) is 25.8 Å². The number of halogens is 1. The van der Waals surface area contributed by atoms with Gasteiger partial charge in [0.15, 0.2) is 0 Å². The first-order valence-electron chi connectivity index (χ1n) is 5.52. The van der Waals surface area contributed by atoms with E-state index in [2.05, 4.69) is 36.1 Å². The van der Waals surface area contributed by atoms with Crippen LogP contribution in [0.2, 0.25) is 0 Å². The van der Waals surface area contributed by atoms with Crippen LogP contribution in [-0.4, -0.2) is 31.8 Å². The summed E-state index contributed by atoms with van der Waals surface area (Å²) in [6, 6.07) is 0. The zero-order valence-electron chi connectivity index (χ0n) is 10.8. The fourth-order valence-corrected chi connectivity index (χ4v) is 1.15. The Morgan fingerprint density at radius 1 is 1.12 bits per heavy atom. The van der Waals surface area contributed by atoms with E-state index in [1.807, 2.05) is 0 Å². The van der Waals surface area contributed by atoms with Gasteiger partial charge in [0.05, 0.1) is 7.11 Å². The monoisotopic (exact) mass is 252 g/mol. The summed E-state index contributed by atoms with van der Waals surface area (Å²) < 4.78 is 4.46. The van der Waals surface area contributed by atoms with Gasteiger partial charge in [0.25, 0.3) is 0 Å². The van der Waals surface area contributed by atoms with Gasteiger partial charge < -0.3 is 15.4 Å². The lowest BCUT2D eigenvalue weighted by atomic mass is 10.1. The number of methoxy groups -OCH3 is 1. The molecule has 5 heteroatoms. The van der Waals surface area contributed by atoms with Crippen molar-refractivity contribution in [3.8, 4) is 0 Å². The third kappa shape index (κ3) is 13.5. The van der Waals surface area contributed by atoms with Crippen molar-refractivity contribution in [2.24, 2.45) is 0 Å². The highest BCUT2D eigenvalue weighted by Crippen LogP contribution is 2.00. The molecule has 0 aromatic carbocycles. The van der Waals surface area contributed by atoms with Crippen LogP contribution in [-0.2, 0) is 4.74 Å². The van der Waals surface area contributed by atoms with Crippen molar-refractivity contribution in [2.45, 2.75) is 45.6 Å². The number of amides is 1. The minimum Gasteiger partial charge on any atom is -0.453 e. The fourth-order valence-electron chi connectivity index (χ4n) is 1.15. The normalized spacial score (nSPS) is 10.5. The number of nitrogens with one attached hydrogen (secondary N) is 2. The molecule has 16 heavy (non-hydrogen) atoms. The highest BCUT2D eigenvalue weighted by Gasteiger charge is 2.06. The summed E-state index contributed by atoms with van der Waals surface area (Å²) in [5.41, 5.74) is 0.199. The minimum absolute atomic E-state index is 0. The van der Waals surface area contributed by atoms with Crippen molar-refractivity contribution in [3.63, 3.8) is 0 Å². The van der Waals surface area contributed by atoms with E-state index in [1.54, 1.807) is 0 Å². The molecule has 0 saturated heterocycles. The van der Waals surface area contributed by atoms with Gasteiger partial charge >= 0.3 is 6.09 Å². The number of carbonyl (C=O) groups is 1. The van der Waals surface area contributed by atoms with Crippen molar-refractivity contribution in [1.29, 1.82) is 0 Å². The molecule has 0 radical (unpaired) electrons. The van der Waals surface area contributed by atoms with Gasteiger partial charge in [-0.1, -0.05) is 6.42 Å². The average molecular weight is 253 g/mol. The lowest BCUT2D eigenvalue weighted by Crippen LogP contribution is -2.36. The maximum Gasteiger partial charge on any atom is 0.406 e. The topological polar surface area (TPSA) is 50.4 Å². The van der Waals surface area contributed by atoms with Gasteiger partial charge in [-0.3, -0.25) is 0 Å². The SMILES string of the molecule is COC(=O)NCCCCCNC(C)(C)C.Cl. The van der Waals surface area contributed by atoms with E-state index >= 15 is 0 Å². The lowest BCUT2D eigenvalue weighted by molar-refractivity contribution is 0.171. The largest absolute Gasteiger partial charge is 0.453 e. The van der Waals surface area contributed by atoms with Crippen LogP contribution >= 0.6 is 12.4 Å². The van der Waals surface area contributed by atoms with Gasteiger partial charge in [-0.2, -0.15) is 0 Å². The Bertz CT molecular complexity index is 181. The molecule has 0 aromatic rings. The molecule has 4 nitrogen and oxygen atoms in total. The highest BCUT2D eigenvalue weighted by atomic mass is 35.5. The third-order valence-electron chi connectivity index (χ3n) is 1.96. The molecule has 0 fully saturated rings. The summed E-state index contributed by atoms with van der Waals surface area (Å²) in [4.78, 5) is 10.7. The van der Waals surface area contributed by atoms with Crippen LogP contribution in [0.4, 0.5) is 4.79 Å². The van der Waals surface area contributed by atoms with Crippen molar-refractivity contribution in [3.05, 3.63) is 0 Å². The van der Waals surface area contributed by atoms with Crippen molar-refractivity contribution >= 4 is 18.5 Å². The van der Waals surface area contributed by atoms with Crippen LogP contribution in [0, 0.1) is 0 Å². The predicted octanol–water partition coefficient (Wildman–Crippen LogP) is 2.32. The van der Waals surface area contributed by atoms with Gasteiger partial charge in [-0.15, -0.1) is 12.4 Å². The number of rotatable bonds is 6. The van der Waals surface area contributed by atoms with Gasteiger partial charge in [0.2, 0.25) is 0 Å². The maximum atomic E-state index is 10.7. The summed E-state index contributed by atoms with van der Waals surface area (Å²) in [6.45, 7) is 8.20. The molecule has 0 aliphatic rings. The summed E-state index contributed by atoms with van der Waals surface area (Å²) in [7, 11) is 1.38. The van der Waals surface area contributed by atoms with Gasteiger partial charge in [-0.25, -0.2) is 4.79 Å². The Morgan fingerprint density at radius 2 is 1.69 bits per heavy atom. The summed E-state index contributed by atoms with van der Waals surface area (Å²) >= 11 is 0. The van der Waals surface area contributed by atoms with E-state index in [0.29, 0.717) is 6.54 Å². The van der Waals surface area contributed by atoms with Crippen LogP contribution in [0.5, 0.6) is 0 Å². The number of unbranched alkanes of at least 4 members (excludes halogenated alkanes) is 2. The van der Waals surface area contributed by atoms with Gasteiger partial charge in [0, 0.05) is 12.1 Å². The molecular weight excluding hydrogens is 228 g/mol. The Morgan fingerprint density at radius 3 is 2.19 bits per heavy atom. The molecule has 0 aliphatic carbocycles. The van der Waals surface area contributed by atoms with Crippen molar-refractivity contribution in [1.82, 2.24) is 10.6 Å². The van der Waals surface area contributed by atoms with Crippen LogP contribution < -0.4 is 10.6 Å². The summed E-state index contributed by atoms with van der Waals surface area (Å²) in [6.07, 6.45) is 2.91. The van der Waals surface area contributed by atoms with E-state index in [9.17, 15) is 4.79 Å². The molecule has 0 bridgehead atoms. The molecular formula is C11H25ClN2O2. The Labute approximate surface area is 105 Å². The van der Waals surface area contributed by atoms with Crippen molar-refractivity contribution < 1.29 is 9.53 Å². The molecule has 0 heterocycles. The molecule has 98 valence electrons. The maximum absolute atomic E-state index is 10.7. The number of hydrogen-bond acceptors (Lipinski definition) is 3. The summed E-state index contributed by atoms with van der Waals surface area (Å²) in [5.74, 6) is 0. The van der Waals surface area contributed by atoms with E-state index in [1.165, 1.54) is 7.11 Å². The first-order chi connectivity index (χ1) is 6.95. The smallest absolute Gasteiger partial charge is 0.406 e. The Hall–Kier alpha value is -0.480. The first-order valence-corrected chi connectivity index (χ1v) is 5.52. The van der Waals surface area contributed by atoms with E-state index < -0.39 is 0 Å². The molecule has 0 unspecified atom stereocenters. The Kier molecular flexibility index (Phi) is 10.9. The minimum atomic E-state index is -0.345.